The van der Waals surface area contributed by atoms with Crippen molar-refractivity contribution < 1.29 is 0 Å². The van der Waals surface area contributed by atoms with Gasteiger partial charge in [0.05, 0.1) is 16.4 Å². The first-order valence-corrected chi connectivity index (χ1v) is 19.0. The second-order valence-corrected chi connectivity index (χ2v) is 14.5. The first-order chi connectivity index (χ1) is 27.3. The standard InChI is InChI=1S/C53H36N2/c1-4-18-39(19-5-1)53(49-26-14-12-24-45(49)46-25-13-15-27-50(46)53)40-29-33-51-48(35-40)47-32-31-44(36-52(47)55(51)42-22-8-3-9-23-42)54(41-20-6-2-7-21-41)43-30-28-37-16-10-11-17-38(37)34-43/h1-36H. The van der Waals surface area contributed by atoms with Gasteiger partial charge in [-0.25, -0.2) is 0 Å². The maximum Gasteiger partial charge on any atom is 0.0713 e. The molecule has 1 aliphatic carbocycles. The molecule has 258 valence electrons. The molecule has 55 heavy (non-hydrogen) atoms. The Labute approximate surface area is 320 Å². The third-order valence-electron chi connectivity index (χ3n) is 11.6. The van der Waals surface area contributed by atoms with Gasteiger partial charge >= 0.3 is 0 Å². The highest BCUT2D eigenvalue weighted by Crippen LogP contribution is 2.56. The molecule has 2 heteroatoms. The molecule has 0 amide bonds. The lowest BCUT2D eigenvalue weighted by Crippen LogP contribution is -2.28. The lowest BCUT2D eigenvalue weighted by atomic mass is 9.67. The maximum atomic E-state index is 2.47. The van der Waals surface area contributed by atoms with E-state index in [4.69, 9.17) is 0 Å². The van der Waals surface area contributed by atoms with E-state index in [1.807, 2.05) is 0 Å². The fourth-order valence-electron chi connectivity index (χ4n) is 9.29. The van der Waals surface area contributed by atoms with Gasteiger partial charge in [-0.15, -0.1) is 0 Å². The smallest absolute Gasteiger partial charge is 0.0713 e. The van der Waals surface area contributed by atoms with E-state index >= 15 is 0 Å². The predicted octanol–water partition coefficient (Wildman–Crippen LogP) is 13.8. The zero-order valence-electron chi connectivity index (χ0n) is 30.2. The fourth-order valence-corrected chi connectivity index (χ4v) is 9.29. The van der Waals surface area contributed by atoms with Gasteiger partial charge in [0.1, 0.15) is 0 Å². The van der Waals surface area contributed by atoms with Gasteiger partial charge in [-0.2, -0.15) is 0 Å². The molecule has 0 spiro atoms. The Hall–Kier alpha value is -7.16. The highest BCUT2D eigenvalue weighted by molar-refractivity contribution is 6.11. The van der Waals surface area contributed by atoms with E-state index < -0.39 is 5.41 Å². The molecule has 0 radical (unpaired) electrons. The Balaban J connectivity index is 1.19. The minimum Gasteiger partial charge on any atom is -0.310 e. The summed E-state index contributed by atoms with van der Waals surface area (Å²) in [6.45, 7) is 0. The SMILES string of the molecule is c1ccc(N(c2ccc3ccccc3c2)c2ccc3c4cc(C5(c6ccccc6)c6ccccc6-c6ccccc65)ccc4n(-c4ccccc4)c3c2)cc1. The molecule has 1 aromatic heterocycles. The minimum absolute atomic E-state index is 0.468. The summed E-state index contributed by atoms with van der Waals surface area (Å²) in [4.78, 5) is 2.38. The number of rotatable bonds is 6. The van der Waals surface area contributed by atoms with Crippen LogP contribution in [0.2, 0.25) is 0 Å². The third kappa shape index (κ3) is 4.75. The van der Waals surface area contributed by atoms with Crippen molar-refractivity contribution in [2.75, 3.05) is 4.90 Å². The van der Waals surface area contributed by atoms with Crippen LogP contribution in [0.25, 0.3) is 49.4 Å². The van der Waals surface area contributed by atoms with E-state index in [9.17, 15) is 0 Å². The van der Waals surface area contributed by atoms with Crippen LogP contribution >= 0.6 is 0 Å². The second-order valence-electron chi connectivity index (χ2n) is 14.5. The van der Waals surface area contributed by atoms with Crippen molar-refractivity contribution in [3.8, 4) is 16.8 Å². The van der Waals surface area contributed by atoms with Crippen LogP contribution in [0.15, 0.2) is 218 Å². The number of anilines is 3. The topological polar surface area (TPSA) is 8.17 Å². The van der Waals surface area contributed by atoms with Gasteiger partial charge in [-0.05, 0) is 105 Å². The molecule has 1 aliphatic rings. The maximum absolute atomic E-state index is 2.47. The highest BCUT2D eigenvalue weighted by atomic mass is 15.1. The fraction of sp³-hybridized carbons (Fsp3) is 0.0189. The van der Waals surface area contributed by atoms with E-state index in [1.54, 1.807) is 0 Å². The zero-order valence-corrected chi connectivity index (χ0v) is 30.2. The van der Waals surface area contributed by atoms with E-state index in [0.29, 0.717) is 0 Å². The van der Waals surface area contributed by atoms with Crippen LogP contribution in [0.1, 0.15) is 22.3 Å². The molecule has 10 aromatic rings. The van der Waals surface area contributed by atoms with Crippen LogP contribution < -0.4 is 4.90 Å². The molecule has 0 aliphatic heterocycles. The number of para-hydroxylation sites is 2. The zero-order chi connectivity index (χ0) is 36.3. The van der Waals surface area contributed by atoms with Crippen molar-refractivity contribution in [2.24, 2.45) is 0 Å². The average molecular weight is 701 g/mol. The summed E-state index contributed by atoms with van der Waals surface area (Å²) in [7, 11) is 0. The summed E-state index contributed by atoms with van der Waals surface area (Å²) >= 11 is 0. The summed E-state index contributed by atoms with van der Waals surface area (Å²) < 4.78 is 2.44. The number of hydrogen-bond donors (Lipinski definition) is 0. The lowest BCUT2D eigenvalue weighted by molar-refractivity contribution is 0.770. The molecular weight excluding hydrogens is 665 g/mol. The van der Waals surface area contributed by atoms with Crippen LogP contribution in [0.5, 0.6) is 0 Å². The number of nitrogens with zero attached hydrogens (tertiary/aromatic N) is 2. The van der Waals surface area contributed by atoms with E-state index in [0.717, 1.165) is 22.7 Å². The van der Waals surface area contributed by atoms with Crippen molar-refractivity contribution in [1.82, 2.24) is 4.57 Å². The Bertz CT molecular complexity index is 2990. The van der Waals surface area contributed by atoms with Crippen LogP contribution in [-0.4, -0.2) is 4.57 Å². The number of aromatic nitrogens is 1. The van der Waals surface area contributed by atoms with E-state index in [1.165, 1.54) is 66.0 Å². The number of benzene rings is 9. The summed E-state index contributed by atoms with van der Waals surface area (Å²) in [5.74, 6) is 0. The molecule has 0 saturated carbocycles. The quantitative estimate of drug-likeness (QED) is 0.168. The lowest BCUT2D eigenvalue weighted by Gasteiger charge is -2.34. The Kier molecular flexibility index (Phi) is 7.11. The van der Waals surface area contributed by atoms with Gasteiger partial charge in [0.2, 0.25) is 0 Å². The average Bonchev–Trinajstić information content (AvgIpc) is 3.75. The largest absolute Gasteiger partial charge is 0.310 e. The molecule has 0 N–H and O–H groups in total. The summed E-state index contributed by atoms with van der Waals surface area (Å²) in [6.07, 6.45) is 0. The number of fused-ring (bicyclic) bond motifs is 7. The molecular formula is C53H36N2. The molecule has 0 saturated heterocycles. The number of hydrogen-bond acceptors (Lipinski definition) is 1. The monoisotopic (exact) mass is 700 g/mol. The minimum atomic E-state index is -0.468. The van der Waals surface area contributed by atoms with Crippen molar-refractivity contribution in [2.45, 2.75) is 5.41 Å². The first-order valence-electron chi connectivity index (χ1n) is 19.0. The van der Waals surface area contributed by atoms with Gasteiger partial charge in [0, 0.05) is 33.5 Å². The Morgan fingerprint density at radius 1 is 0.345 bits per heavy atom. The summed E-state index contributed by atoms with van der Waals surface area (Å²) in [5, 5.41) is 4.90. The second kappa shape index (κ2) is 12.5. The highest BCUT2D eigenvalue weighted by Gasteiger charge is 2.46. The van der Waals surface area contributed by atoms with Crippen molar-refractivity contribution in [3.63, 3.8) is 0 Å². The van der Waals surface area contributed by atoms with Gasteiger partial charge in [-0.3, -0.25) is 0 Å². The van der Waals surface area contributed by atoms with Crippen LogP contribution in [-0.2, 0) is 5.41 Å². The molecule has 0 atom stereocenters. The van der Waals surface area contributed by atoms with E-state index in [2.05, 4.69) is 228 Å². The van der Waals surface area contributed by atoms with Gasteiger partial charge in [0.25, 0.3) is 0 Å². The predicted molar refractivity (Wildman–Crippen MR) is 230 cm³/mol. The van der Waals surface area contributed by atoms with Crippen LogP contribution in [0, 0.1) is 0 Å². The van der Waals surface area contributed by atoms with Gasteiger partial charge in [-0.1, -0.05) is 158 Å². The molecule has 11 rings (SSSR count). The summed E-state index contributed by atoms with van der Waals surface area (Å²) in [6, 6.07) is 80.1. The summed E-state index contributed by atoms with van der Waals surface area (Å²) in [5.41, 5.74) is 14.1. The van der Waals surface area contributed by atoms with Gasteiger partial charge in [0.15, 0.2) is 0 Å². The Morgan fingerprint density at radius 2 is 0.927 bits per heavy atom. The molecule has 9 aromatic carbocycles. The first kappa shape index (κ1) is 31.4. The van der Waals surface area contributed by atoms with Crippen molar-refractivity contribution >= 4 is 49.6 Å². The van der Waals surface area contributed by atoms with Crippen LogP contribution in [0.4, 0.5) is 17.1 Å². The molecule has 1 heterocycles. The van der Waals surface area contributed by atoms with E-state index in [-0.39, 0.29) is 0 Å². The molecule has 0 bridgehead atoms. The van der Waals surface area contributed by atoms with Gasteiger partial charge < -0.3 is 9.47 Å². The van der Waals surface area contributed by atoms with Crippen molar-refractivity contribution in [3.05, 3.63) is 241 Å². The van der Waals surface area contributed by atoms with Crippen LogP contribution in [0.3, 0.4) is 0 Å². The van der Waals surface area contributed by atoms with Crippen molar-refractivity contribution in [1.29, 1.82) is 0 Å². The third-order valence-corrected chi connectivity index (χ3v) is 11.6. The Morgan fingerprint density at radius 3 is 1.65 bits per heavy atom. The molecule has 0 unspecified atom stereocenters. The molecule has 2 nitrogen and oxygen atoms in total. The normalized spacial score (nSPS) is 12.9. The molecule has 0 fully saturated rings.